The molecule has 1 fully saturated rings. The number of piperidine rings is 1. The van der Waals surface area contributed by atoms with Crippen LogP contribution in [0.15, 0.2) is 30.5 Å². The molecule has 0 aliphatic carbocycles. The van der Waals surface area contributed by atoms with Crippen molar-refractivity contribution in [1.29, 1.82) is 0 Å². The molecule has 24 heavy (non-hydrogen) atoms. The SMILES string of the molecule is O=C(NCc1nccc(N2CCCCC2)n1)c1ccc(Cl)cc1Cl. The van der Waals surface area contributed by atoms with Gasteiger partial charge in [-0.2, -0.15) is 0 Å². The van der Waals surface area contributed by atoms with E-state index in [2.05, 4.69) is 20.2 Å². The number of nitrogens with zero attached hydrogens (tertiary/aromatic N) is 3. The normalized spacial score (nSPS) is 14.5. The first-order chi connectivity index (χ1) is 11.6. The first-order valence-corrected chi connectivity index (χ1v) is 8.69. The molecule has 1 aromatic heterocycles. The molecule has 0 spiro atoms. The first kappa shape index (κ1) is 17.0. The molecule has 0 saturated carbocycles. The molecular formula is C17H18Cl2N4O. The Bertz CT molecular complexity index is 732. The van der Waals surface area contributed by atoms with Crippen molar-refractivity contribution in [2.75, 3.05) is 18.0 Å². The van der Waals surface area contributed by atoms with Crippen molar-refractivity contribution < 1.29 is 4.79 Å². The monoisotopic (exact) mass is 364 g/mol. The molecule has 0 radical (unpaired) electrons. The number of halogens is 2. The second-order valence-electron chi connectivity index (χ2n) is 5.69. The number of hydrogen-bond acceptors (Lipinski definition) is 4. The molecule has 126 valence electrons. The van der Waals surface area contributed by atoms with Crippen molar-refractivity contribution >= 4 is 34.9 Å². The number of carbonyl (C=O) groups is 1. The summed E-state index contributed by atoms with van der Waals surface area (Å²) >= 11 is 11.9. The van der Waals surface area contributed by atoms with E-state index in [1.54, 1.807) is 24.4 Å². The predicted octanol–water partition coefficient (Wildman–Crippen LogP) is 3.70. The number of nitrogens with one attached hydrogen (secondary N) is 1. The van der Waals surface area contributed by atoms with Gasteiger partial charge in [0, 0.05) is 24.3 Å². The van der Waals surface area contributed by atoms with Gasteiger partial charge < -0.3 is 10.2 Å². The molecule has 7 heteroatoms. The maximum absolute atomic E-state index is 12.2. The Balaban J connectivity index is 1.64. The van der Waals surface area contributed by atoms with Gasteiger partial charge in [0.05, 0.1) is 17.1 Å². The van der Waals surface area contributed by atoms with Crippen molar-refractivity contribution in [3.05, 3.63) is 51.9 Å². The van der Waals surface area contributed by atoms with Gasteiger partial charge >= 0.3 is 0 Å². The van der Waals surface area contributed by atoms with Gasteiger partial charge in [0.25, 0.3) is 5.91 Å². The Labute approximate surface area is 151 Å². The lowest BCUT2D eigenvalue weighted by Gasteiger charge is -2.27. The van der Waals surface area contributed by atoms with Gasteiger partial charge in [-0.3, -0.25) is 4.79 Å². The molecule has 1 saturated heterocycles. The number of aromatic nitrogens is 2. The Morgan fingerprint density at radius 1 is 1.17 bits per heavy atom. The van der Waals surface area contributed by atoms with E-state index < -0.39 is 0 Å². The van der Waals surface area contributed by atoms with Crippen molar-refractivity contribution in [3.8, 4) is 0 Å². The van der Waals surface area contributed by atoms with Crippen LogP contribution in [0.3, 0.4) is 0 Å². The summed E-state index contributed by atoms with van der Waals surface area (Å²) in [6.07, 6.45) is 5.37. The van der Waals surface area contributed by atoms with E-state index >= 15 is 0 Å². The molecule has 1 N–H and O–H groups in total. The molecule has 1 aliphatic rings. The maximum Gasteiger partial charge on any atom is 0.253 e. The summed E-state index contributed by atoms with van der Waals surface area (Å²) in [7, 11) is 0. The molecule has 1 amide bonds. The summed E-state index contributed by atoms with van der Waals surface area (Å²) in [4.78, 5) is 23.3. The Morgan fingerprint density at radius 3 is 2.71 bits per heavy atom. The van der Waals surface area contributed by atoms with E-state index in [0.717, 1.165) is 18.9 Å². The maximum atomic E-state index is 12.2. The summed E-state index contributed by atoms with van der Waals surface area (Å²) in [5.41, 5.74) is 0.383. The van der Waals surface area contributed by atoms with E-state index in [-0.39, 0.29) is 12.5 Å². The summed E-state index contributed by atoms with van der Waals surface area (Å²) in [6, 6.07) is 6.69. The Hall–Kier alpha value is -1.85. The van der Waals surface area contributed by atoms with E-state index in [1.165, 1.54) is 19.3 Å². The number of carbonyl (C=O) groups excluding carboxylic acids is 1. The van der Waals surface area contributed by atoms with E-state index in [9.17, 15) is 4.79 Å². The number of anilines is 1. The lowest BCUT2D eigenvalue weighted by molar-refractivity contribution is 0.0950. The van der Waals surface area contributed by atoms with Crippen LogP contribution in [0.5, 0.6) is 0 Å². The van der Waals surface area contributed by atoms with Gasteiger partial charge in [-0.15, -0.1) is 0 Å². The van der Waals surface area contributed by atoms with Gasteiger partial charge in [0.2, 0.25) is 0 Å². The van der Waals surface area contributed by atoms with Gasteiger partial charge in [-0.1, -0.05) is 23.2 Å². The number of benzene rings is 1. The fourth-order valence-corrected chi connectivity index (χ4v) is 3.20. The van der Waals surface area contributed by atoms with Crippen molar-refractivity contribution in [2.45, 2.75) is 25.8 Å². The third-order valence-corrected chi connectivity index (χ3v) is 4.50. The second kappa shape index (κ2) is 7.81. The third-order valence-electron chi connectivity index (χ3n) is 3.95. The van der Waals surface area contributed by atoms with Crippen LogP contribution in [-0.2, 0) is 6.54 Å². The zero-order valence-corrected chi connectivity index (χ0v) is 14.6. The molecule has 1 aliphatic heterocycles. The molecule has 5 nitrogen and oxygen atoms in total. The molecular weight excluding hydrogens is 347 g/mol. The average molecular weight is 365 g/mol. The van der Waals surface area contributed by atoms with Crippen molar-refractivity contribution in [3.63, 3.8) is 0 Å². The largest absolute Gasteiger partial charge is 0.357 e. The highest BCUT2D eigenvalue weighted by atomic mass is 35.5. The minimum absolute atomic E-state index is 0.249. The third kappa shape index (κ3) is 4.16. The van der Waals surface area contributed by atoms with E-state index in [0.29, 0.717) is 21.4 Å². The molecule has 0 bridgehead atoms. The fourth-order valence-electron chi connectivity index (χ4n) is 2.70. The number of rotatable bonds is 4. The lowest BCUT2D eigenvalue weighted by atomic mass is 10.1. The fraction of sp³-hybridized carbons (Fsp3) is 0.353. The van der Waals surface area contributed by atoms with Gasteiger partial charge in [-0.25, -0.2) is 9.97 Å². The average Bonchev–Trinajstić information content (AvgIpc) is 2.61. The zero-order valence-electron chi connectivity index (χ0n) is 13.1. The van der Waals surface area contributed by atoms with Crippen LogP contribution in [0.25, 0.3) is 0 Å². The topological polar surface area (TPSA) is 58.1 Å². The summed E-state index contributed by atoms with van der Waals surface area (Å²) in [5, 5.41) is 3.61. The summed E-state index contributed by atoms with van der Waals surface area (Å²) in [6.45, 7) is 2.28. The lowest BCUT2D eigenvalue weighted by Crippen LogP contribution is -2.31. The van der Waals surface area contributed by atoms with Crippen molar-refractivity contribution in [2.24, 2.45) is 0 Å². The number of amides is 1. The highest BCUT2D eigenvalue weighted by Crippen LogP contribution is 2.21. The molecule has 0 unspecified atom stereocenters. The molecule has 0 atom stereocenters. The van der Waals surface area contributed by atoms with Crippen LogP contribution >= 0.6 is 23.2 Å². The Kier molecular flexibility index (Phi) is 5.53. The van der Waals surface area contributed by atoms with Crippen LogP contribution in [0, 0.1) is 0 Å². The van der Waals surface area contributed by atoms with Crippen LogP contribution in [0.2, 0.25) is 10.0 Å². The first-order valence-electron chi connectivity index (χ1n) is 7.93. The second-order valence-corrected chi connectivity index (χ2v) is 6.53. The van der Waals surface area contributed by atoms with Gasteiger partial charge in [-0.05, 0) is 43.5 Å². The predicted molar refractivity (Wildman–Crippen MR) is 95.7 cm³/mol. The highest BCUT2D eigenvalue weighted by Gasteiger charge is 2.14. The van der Waals surface area contributed by atoms with Crippen LogP contribution in [-0.4, -0.2) is 29.0 Å². The van der Waals surface area contributed by atoms with Gasteiger partial charge in [0.15, 0.2) is 0 Å². The summed E-state index contributed by atoms with van der Waals surface area (Å²) in [5.74, 6) is 1.22. The quantitative estimate of drug-likeness (QED) is 0.898. The van der Waals surface area contributed by atoms with E-state index in [1.807, 2.05) is 6.07 Å². The summed E-state index contributed by atoms with van der Waals surface area (Å²) < 4.78 is 0. The molecule has 1 aromatic carbocycles. The Morgan fingerprint density at radius 2 is 1.96 bits per heavy atom. The molecule has 2 aromatic rings. The van der Waals surface area contributed by atoms with E-state index in [4.69, 9.17) is 23.2 Å². The smallest absolute Gasteiger partial charge is 0.253 e. The molecule has 3 rings (SSSR count). The molecule has 2 heterocycles. The van der Waals surface area contributed by atoms with Crippen molar-refractivity contribution in [1.82, 2.24) is 15.3 Å². The number of hydrogen-bond donors (Lipinski definition) is 1. The van der Waals surface area contributed by atoms with Crippen LogP contribution < -0.4 is 10.2 Å². The van der Waals surface area contributed by atoms with Crippen LogP contribution in [0.4, 0.5) is 5.82 Å². The minimum Gasteiger partial charge on any atom is -0.357 e. The minimum atomic E-state index is -0.274. The highest BCUT2D eigenvalue weighted by molar-refractivity contribution is 6.36. The van der Waals surface area contributed by atoms with Crippen LogP contribution in [0.1, 0.15) is 35.4 Å². The standard InChI is InChI=1S/C17H18Cl2N4O/c18-12-4-5-13(14(19)10-12)17(24)21-11-15-20-7-6-16(22-15)23-8-2-1-3-9-23/h4-7,10H,1-3,8-9,11H2,(H,21,24). The van der Waals surface area contributed by atoms with Gasteiger partial charge in [0.1, 0.15) is 11.6 Å². The zero-order chi connectivity index (χ0) is 16.9.